The van der Waals surface area contributed by atoms with E-state index in [9.17, 15) is 28.0 Å². The van der Waals surface area contributed by atoms with Gasteiger partial charge in [0.2, 0.25) is 5.91 Å². The minimum absolute atomic E-state index is 0.118. The highest BCUT2D eigenvalue weighted by molar-refractivity contribution is 5.91. The van der Waals surface area contributed by atoms with Crippen molar-refractivity contribution in [2.45, 2.75) is 83.4 Å². The second kappa shape index (κ2) is 9.00. The summed E-state index contributed by atoms with van der Waals surface area (Å²) in [5, 5.41) is 0. The van der Waals surface area contributed by atoms with Crippen LogP contribution in [0.4, 0.5) is 8.78 Å². The molecule has 1 aliphatic heterocycles. The molecule has 1 amide bonds. The summed E-state index contributed by atoms with van der Waals surface area (Å²) in [6, 6.07) is -0.352. The van der Waals surface area contributed by atoms with E-state index in [1.807, 2.05) is 20.8 Å². The number of amides is 1. The molecule has 0 N–H and O–H groups in total. The Bertz CT molecular complexity index is 895. The first-order valence-electron chi connectivity index (χ1n) is 12.4. The second-order valence-electron chi connectivity index (χ2n) is 11.6. The highest BCUT2D eigenvalue weighted by atomic mass is 19.3. The van der Waals surface area contributed by atoms with Crippen LogP contribution in [0.1, 0.15) is 59.8 Å². The molecule has 0 radical (unpaired) electrons. The smallest absolute Gasteiger partial charge is 0.310 e. The molecule has 8 nitrogen and oxygen atoms in total. The van der Waals surface area contributed by atoms with Gasteiger partial charge in [0.05, 0.1) is 36.8 Å². The summed E-state index contributed by atoms with van der Waals surface area (Å²) >= 11 is 0. The van der Waals surface area contributed by atoms with Crippen molar-refractivity contribution in [3.63, 3.8) is 0 Å². The fourth-order valence-electron chi connectivity index (χ4n) is 6.92. The van der Waals surface area contributed by atoms with Gasteiger partial charge in [-0.25, -0.2) is 8.78 Å². The van der Waals surface area contributed by atoms with Gasteiger partial charge in [0.25, 0.3) is 5.92 Å². The minimum atomic E-state index is -3.16. The van der Waals surface area contributed by atoms with E-state index in [0.717, 1.165) is 0 Å². The van der Waals surface area contributed by atoms with Crippen molar-refractivity contribution in [2.24, 2.45) is 35.5 Å². The Morgan fingerprint density at radius 3 is 2.11 bits per heavy atom. The number of nitrogens with zero attached hydrogens (tertiary/aromatic N) is 1. The lowest BCUT2D eigenvalue weighted by Gasteiger charge is -2.41. The van der Waals surface area contributed by atoms with E-state index in [1.54, 1.807) is 4.90 Å². The van der Waals surface area contributed by atoms with Crippen molar-refractivity contribution in [1.29, 1.82) is 0 Å². The first-order chi connectivity index (χ1) is 16.3. The molecule has 8 unspecified atom stereocenters. The Morgan fingerprint density at radius 1 is 0.971 bits per heavy atom. The number of carbonyl (C=O) groups is 4. The quantitative estimate of drug-likeness (QED) is 0.409. The van der Waals surface area contributed by atoms with Crippen LogP contribution in [0.3, 0.4) is 0 Å². The summed E-state index contributed by atoms with van der Waals surface area (Å²) in [6.07, 6.45) is 2.00. The van der Waals surface area contributed by atoms with Crippen molar-refractivity contribution in [3.8, 4) is 0 Å². The number of methoxy groups -OCH3 is 1. The van der Waals surface area contributed by atoms with Crippen LogP contribution in [0, 0.1) is 35.5 Å². The maximum Gasteiger partial charge on any atom is 0.310 e. The average molecular weight is 500 g/mol. The third-order valence-corrected chi connectivity index (χ3v) is 8.16. The Kier molecular flexibility index (Phi) is 6.64. The van der Waals surface area contributed by atoms with Gasteiger partial charge < -0.3 is 19.1 Å². The summed E-state index contributed by atoms with van der Waals surface area (Å²) < 4.78 is 42.3. The van der Waals surface area contributed by atoms with E-state index in [0.29, 0.717) is 39.0 Å². The molecule has 2 bridgehead atoms. The number of likely N-dealkylation sites (tertiary alicyclic amines) is 1. The Hall–Kier alpha value is -2.26. The van der Waals surface area contributed by atoms with E-state index in [4.69, 9.17) is 14.2 Å². The second-order valence-corrected chi connectivity index (χ2v) is 11.6. The molecule has 4 rings (SSSR count). The molecule has 35 heavy (non-hydrogen) atoms. The first-order valence-corrected chi connectivity index (χ1v) is 12.4. The number of halogens is 2. The zero-order valence-electron chi connectivity index (χ0n) is 20.9. The zero-order chi connectivity index (χ0) is 25.9. The van der Waals surface area contributed by atoms with Crippen LogP contribution < -0.4 is 0 Å². The molecular formula is C25H35F2NO7. The molecule has 0 aromatic rings. The van der Waals surface area contributed by atoms with Gasteiger partial charge in [-0.1, -0.05) is 12.8 Å². The van der Waals surface area contributed by atoms with Crippen LogP contribution in [-0.4, -0.2) is 66.0 Å². The predicted molar refractivity (Wildman–Crippen MR) is 118 cm³/mol. The first kappa shape index (κ1) is 25.8. The fourth-order valence-corrected chi connectivity index (χ4v) is 6.92. The van der Waals surface area contributed by atoms with E-state index in [2.05, 4.69) is 0 Å². The van der Waals surface area contributed by atoms with Gasteiger partial charge in [-0.3, -0.25) is 19.2 Å². The molecule has 0 aromatic heterocycles. The van der Waals surface area contributed by atoms with Gasteiger partial charge >= 0.3 is 17.9 Å². The monoisotopic (exact) mass is 499 g/mol. The van der Waals surface area contributed by atoms with Crippen LogP contribution in [0.2, 0.25) is 0 Å². The number of esters is 3. The number of ether oxygens (including phenoxy) is 3. The molecule has 4 aliphatic rings. The number of hydrogen-bond acceptors (Lipinski definition) is 7. The van der Waals surface area contributed by atoms with Crippen LogP contribution in [0.25, 0.3) is 0 Å². The van der Waals surface area contributed by atoms with Crippen molar-refractivity contribution in [3.05, 3.63) is 0 Å². The summed E-state index contributed by atoms with van der Waals surface area (Å²) in [5.74, 6) is -8.48. The molecule has 1 saturated heterocycles. The molecule has 196 valence electrons. The SMILES string of the molecule is COC(=O)C1C2CC3C1C(=O)N(C(C)(C)C)C3C2OC(=O)C1CCCCC1C(=O)OCC(C)(F)F. The van der Waals surface area contributed by atoms with E-state index < -0.39 is 65.8 Å². The van der Waals surface area contributed by atoms with Gasteiger partial charge in [0, 0.05) is 18.4 Å². The molecule has 10 heteroatoms. The standard InChI is InChI=1S/C25H35F2NO7/c1-24(2,3)28-18-14-10-15(17(23(32)33-5)16(14)20(28)29)19(18)35-22(31)13-9-7-6-8-12(13)21(30)34-11-25(4,26)27/h12-19H,6-11H2,1-5H3. The summed E-state index contributed by atoms with van der Waals surface area (Å²) in [6.45, 7) is 5.35. The average Bonchev–Trinajstić information content (AvgIpc) is 3.38. The van der Waals surface area contributed by atoms with E-state index in [1.165, 1.54) is 7.11 Å². The molecule has 0 aromatic carbocycles. The van der Waals surface area contributed by atoms with Gasteiger partial charge in [-0.15, -0.1) is 0 Å². The summed E-state index contributed by atoms with van der Waals surface area (Å²) in [7, 11) is 1.28. The zero-order valence-corrected chi connectivity index (χ0v) is 20.9. The normalized spacial score (nSPS) is 36.3. The van der Waals surface area contributed by atoms with Crippen LogP contribution in [-0.2, 0) is 33.4 Å². The van der Waals surface area contributed by atoms with Gasteiger partial charge in [-0.2, -0.15) is 0 Å². The van der Waals surface area contributed by atoms with Crippen LogP contribution in [0.15, 0.2) is 0 Å². The van der Waals surface area contributed by atoms with Crippen LogP contribution in [0.5, 0.6) is 0 Å². The van der Waals surface area contributed by atoms with Crippen molar-refractivity contribution >= 4 is 23.8 Å². The fraction of sp³-hybridized carbons (Fsp3) is 0.840. The van der Waals surface area contributed by atoms with Gasteiger partial charge in [-0.05, 0) is 46.0 Å². The topological polar surface area (TPSA) is 99.2 Å². The lowest BCUT2D eigenvalue weighted by molar-refractivity contribution is -0.175. The number of fused-ring (bicyclic) bond motifs is 1. The molecule has 1 heterocycles. The maximum absolute atomic E-state index is 13.4. The van der Waals surface area contributed by atoms with Gasteiger partial charge in [0.15, 0.2) is 6.61 Å². The van der Waals surface area contributed by atoms with E-state index in [-0.39, 0.29) is 23.8 Å². The summed E-state index contributed by atoms with van der Waals surface area (Å²) in [4.78, 5) is 53.8. The lowest BCUT2D eigenvalue weighted by Crippen LogP contribution is -2.53. The predicted octanol–water partition coefficient (Wildman–Crippen LogP) is 2.97. The number of hydrogen-bond donors (Lipinski definition) is 0. The van der Waals surface area contributed by atoms with E-state index >= 15 is 0 Å². The molecule has 4 fully saturated rings. The maximum atomic E-state index is 13.4. The van der Waals surface area contributed by atoms with Crippen molar-refractivity contribution in [2.75, 3.05) is 13.7 Å². The Morgan fingerprint density at radius 2 is 1.57 bits per heavy atom. The molecule has 3 aliphatic carbocycles. The lowest BCUT2D eigenvalue weighted by atomic mass is 9.77. The largest absolute Gasteiger partial charge is 0.469 e. The number of carbonyl (C=O) groups excluding carboxylic acids is 4. The third kappa shape index (κ3) is 4.53. The van der Waals surface area contributed by atoms with Crippen LogP contribution >= 0.6 is 0 Å². The highest BCUT2D eigenvalue weighted by Crippen LogP contribution is 2.61. The molecule has 0 spiro atoms. The van der Waals surface area contributed by atoms with Crippen molar-refractivity contribution in [1.82, 2.24) is 4.90 Å². The number of alkyl halides is 2. The Labute approximate surface area is 204 Å². The molecular weight excluding hydrogens is 464 g/mol. The minimum Gasteiger partial charge on any atom is -0.469 e. The van der Waals surface area contributed by atoms with Gasteiger partial charge in [0.1, 0.15) is 6.10 Å². The molecule has 8 atom stereocenters. The highest BCUT2D eigenvalue weighted by Gasteiger charge is 2.72. The molecule has 3 saturated carbocycles. The van der Waals surface area contributed by atoms with Crippen molar-refractivity contribution < 1.29 is 42.2 Å². The Balaban J connectivity index is 1.56. The summed E-state index contributed by atoms with van der Waals surface area (Å²) in [5.41, 5.74) is -0.540. The third-order valence-electron chi connectivity index (χ3n) is 8.16. The number of rotatable bonds is 6.